The van der Waals surface area contributed by atoms with Crippen LogP contribution in [0, 0.1) is 7.05 Å². The molecule has 0 saturated heterocycles. The summed E-state index contributed by atoms with van der Waals surface area (Å²) in [6, 6.07) is 10.5. The summed E-state index contributed by atoms with van der Waals surface area (Å²) in [6.45, 7) is 4.42. The van der Waals surface area contributed by atoms with E-state index < -0.39 is 0 Å². The van der Waals surface area contributed by atoms with Crippen molar-refractivity contribution in [3.63, 3.8) is 0 Å². The molecule has 1 radical (unpaired) electrons. The van der Waals surface area contributed by atoms with Crippen molar-refractivity contribution in [3.05, 3.63) is 49.1 Å². The van der Waals surface area contributed by atoms with Gasteiger partial charge in [-0.15, -0.1) is 7.05 Å². The number of aromatic nitrogens is 2. The molecular formula is C15H15N2Y-. The first-order valence-corrected chi connectivity index (χ1v) is 5.89. The summed E-state index contributed by atoms with van der Waals surface area (Å²) in [5, 5.41) is 2.43. The van der Waals surface area contributed by atoms with Crippen molar-refractivity contribution in [2.45, 2.75) is 19.8 Å². The van der Waals surface area contributed by atoms with Gasteiger partial charge in [-0.25, -0.2) is 0 Å². The van der Waals surface area contributed by atoms with Crippen molar-refractivity contribution in [1.82, 2.24) is 9.55 Å². The molecule has 3 aromatic rings. The third-order valence-electron chi connectivity index (χ3n) is 3.29. The summed E-state index contributed by atoms with van der Waals surface area (Å²) in [7, 11) is 4.13. The van der Waals surface area contributed by atoms with Crippen molar-refractivity contribution in [1.29, 1.82) is 0 Å². The van der Waals surface area contributed by atoms with Gasteiger partial charge in [-0.3, -0.25) is 0 Å². The average molecular weight is 312 g/mol. The van der Waals surface area contributed by atoms with Gasteiger partial charge in [-0.1, -0.05) is 54.6 Å². The fourth-order valence-electron chi connectivity index (χ4n) is 2.47. The first kappa shape index (κ1) is 13.6. The predicted molar refractivity (Wildman–Crippen MR) is 72.1 cm³/mol. The quantitative estimate of drug-likeness (QED) is 0.622. The summed E-state index contributed by atoms with van der Waals surface area (Å²) < 4.78 is 1.96. The molecule has 2 heterocycles. The fourth-order valence-corrected chi connectivity index (χ4v) is 2.47. The largest absolute Gasteiger partial charge is 0.465 e. The zero-order valence-corrected chi connectivity index (χ0v) is 13.6. The molecule has 0 unspecified atom stereocenters. The number of hydrogen-bond donors (Lipinski definition) is 0. The van der Waals surface area contributed by atoms with Gasteiger partial charge < -0.3 is 9.55 Å². The van der Waals surface area contributed by atoms with E-state index in [0.717, 1.165) is 5.65 Å². The monoisotopic (exact) mass is 312 g/mol. The Labute approximate surface area is 132 Å². The van der Waals surface area contributed by atoms with Crippen molar-refractivity contribution in [3.8, 4) is 0 Å². The van der Waals surface area contributed by atoms with E-state index in [0.29, 0.717) is 5.92 Å². The normalized spacial score (nSPS) is 11.1. The third-order valence-corrected chi connectivity index (χ3v) is 3.29. The number of rotatable bonds is 1. The van der Waals surface area contributed by atoms with Gasteiger partial charge in [0, 0.05) is 44.6 Å². The Kier molecular flexibility index (Phi) is 3.79. The Balaban J connectivity index is 0.00000120. The molecule has 2 nitrogen and oxygen atoms in total. The molecule has 3 rings (SSSR count). The van der Waals surface area contributed by atoms with Crippen LogP contribution in [0.5, 0.6) is 0 Å². The minimum Gasteiger partial charge on any atom is -0.465 e. The molecule has 0 fully saturated rings. The smallest absolute Gasteiger partial charge is 0.0329 e. The minimum absolute atomic E-state index is 0. The van der Waals surface area contributed by atoms with Crippen LogP contribution < -0.4 is 0 Å². The standard InChI is InChI=1S/C15H15N2.Y/c1-10(2)11-6-4-7-12-13-8-5-9-16-15(13)17(3)14(11)12;/h4-10H,3H2,1-2H3;/q-1;. The van der Waals surface area contributed by atoms with Gasteiger partial charge in [0.1, 0.15) is 0 Å². The summed E-state index contributed by atoms with van der Waals surface area (Å²) in [5.41, 5.74) is 3.49. The van der Waals surface area contributed by atoms with Crippen molar-refractivity contribution in [2.24, 2.45) is 0 Å². The Morgan fingerprint density at radius 2 is 1.83 bits per heavy atom. The molecule has 1 aromatic carbocycles. The second-order valence-electron chi connectivity index (χ2n) is 4.70. The van der Waals surface area contributed by atoms with E-state index in [2.05, 4.69) is 50.1 Å². The van der Waals surface area contributed by atoms with Crippen LogP contribution in [0.2, 0.25) is 0 Å². The number of nitrogens with zero attached hydrogens (tertiary/aromatic N) is 2. The molecule has 2 aromatic heterocycles. The molecule has 0 aliphatic rings. The molecule has 0 atom stereocenters. The van der Waals surface area contributed by atoms with Crippen LogP contribution in [0.3, 0.4) is 0 Å². The Morgan fingerprint density at radius 3 is 2.56 bits per heavy atom. The maximum Gasteiger partial charge on any atom is 0.0329 e. The predicted octanol–water partition coefficient (Wildman–Crippen LogP) is 3.95. The van der Waals surface area contributed by atoms with E-state index in [4.69, 9.17) is 0 Å². The van der Waals surface area contributed by atoms with Gasteiger partial charge in [-0.05, 0) is 17.4 Å². The van der Waals surface area contributed by atoms with Gasteiger partial charge in [0.25, 0.3) is 0 Å². The minimum atomic E-state index is 0. The Morgan fingerprint density at radius 1 is 1.11 bits per heavy atom. The molecule has 18 heavy (non-hydrogen) atoms. The maximum atomic E-state index is 4.42. The van der Waals surface area contributed by atoms with Crippen molar-refractivity contribution >= 4 is 21.9 Å². The Hall–Kier alpha value is -0.856. The van der Waals surface area contributed by atoms with Crippen LogP contribution in [0.15, 0.2) is 36.5 Å². The van der Waals surface area contributed by atoms with E-state index in [-0.39, 0.29) is 32.7 Å². The van der Waals surface area contributed by atoms with E-state index in [1.54, 1.807) is 0 Å². The second kappa shape index (κ2) is 5.03. The van der Waals surface area contributed by atoms with Gasteiger partial charge >= 0.3 is 0 Å². The van der Waals surface area contributed by atoms with Crippen LogP contribution in [0.25, 0.3) is 21.9 Å². The molecule has 0 N–H and O–H groups in total. The number of fused-ring (bicyclic) bond motifs is 3. The SMILES string of the molecule is [CH2-]n1c2ncccc2c2cccc(C(C)C)c21.[Y]. The first-order valence-electron chi connectivity index (χ1n) is 5.89. The zero-order chi connectivity index (χ0) is 12.0. The van der Waals surface area contributed by atoms with Crippen molar-refractivity contribution in [2.75, 3.05) is 0 Å². The van der Waals surface area contributed by atoms with Gasteiger partial charge in [0.2, 0.25) is 0 Å². The third kappa shape index (κ3) is 1.88. The van der Waals surface area contributed by atoms with Gasteiger partial charge in [0.15, 0.2) is 0 Å². The maximum absolute atomic E-state index is 4.42. The molecule has 89 valence electrons. The van der Waals surface area contributed by atoms with Crippen LogP contribution >= 0.6 is 0 Å². The van der Waals surface area contributed by atoms with Crippen LogP contribution in [0.1, 0.15) is 25.3 Å². The van der Waals surface area contributed by atoms with E-state index >= 15 is 0 Å². The van der Waals surface area contributed by atoms with Crippen LogP contribution in [0.4, 0.5) is 0 Å². The topological polar surface area (TPSA) is 17.8 Å². The summed E-state index contributed by atoms with van der Waals surface area (Å²) in [6.07, 6.45) is 1.82. The van der Waals surface area contributed by atoms with Crippen LogP contribution in [-0.4, -0.2) is 9.55 Å². The van der Waals surface area contributed by atoms with Crippen molar-refractivity contribution < 1.29 is 32.7 Å². The van der Waals surface area contributed by atoms with Gasteiger partial charge in [-0.2, -0.15) is 0 Å². The Bertz CT molecular complexity index is 698. The fraction of sp³-hybridized carbons (Fsp3) is 0.200. The molecule has 0 bridgehead atoms. The second-order valence-corrected chi connectivity index (χ2v) is 4.70. The zero-order valence-electron chi connectivity index (χ0n) is 10.7. The van der Waals surface area contributed by atoms with Crippen LogP contribution in [-0.2, 0) is 32.7 Å². The molecule has 3 heteroatoms. The molecule has 0 spiro atoms. The molecule has 0 saturated carbocycles. The summed E-state index contributed by atoms with van der Waals surface area (Å²) in [4.78, 5) is 4.42. The summed E-state index contributed by atoms with van der Waals surface area (Å²) >= 11 is 0. The van der Waals surface area contributed by atoms with Gasteiger partial charge in [0.05, 0.1) is 0 Å². The summed E-state index contributed by atoms with van der Waals surface area (Å²) in [5.74, 6) is 0.489. The molecule has 0 aliphatic heterocycles. The number of hydrogen-bond acceptors (Lipinski definition) is 1. The number of para-hydroxylation sites is 1. The first-order chi connectivity index (χ1) is 8.20. The van der Waals surface area contributed by atoms with E-state index in [1.165, 1.54) is 21.9 Å². The number of pyridine rings is 1. The molecule has 0 amide bonds. The average Bonchev–Trinajstić information content (AvgIpc) is 2.64. The van der Waals surface area contributed by atoms with E-state index in [9.17, 15) is 0 Å². The molecule has 0 aliphatic carbocycles. The van der Waals surface area contributed by atoms with E-state index in [1.807, 2.05) is 16.8 Å². The number of benzene rings is 1. The molecular weight excluding hydrogens is 297 g/mol.